The number of hydrogen-bond acceptors (Lipinski definition) is 4. The van der Waals surface area contributed by atoms with Crippen molar-refractivity contribution in [2.45, 2.75) is 30.8 Å². The van der Waals surface area contributed by atoms with Gasteiger partial charge in [0, 0.05) is 31.1 Å². The number of fused-ring (bicyclic) bond motifs is 1. The summed E-state index contributed by atoms with van der Waals surface area (Å²) in [4.78, 5) is 27.9. The van der Waals surface area contributed by atoms with Crippen LogP contribution in [0.4, 0.5) is 0 Å². The molecule has 2 saturated heterocycles. The zero-order valence-corrected chi connectivity index (χ0v) is 15.4. The number of rotatable bonds is 4. The van der Waals surface area contributed by atoms with Crippen molar-refractivity contribution in [3.05, 3.63) is 35.4 Å². The highest BCUT2D eigenvalue weighted by Crippen LogP contribution is 2.42. The summed E-state index contributed by atoms with van der Waals surface area (Å²) in [5.74, 6) is 6.74. The van der Waals surface area contributed by atoms with E-state index in [0.717, 1.165) is 11.1 Å². The predicted octanol–water partition coefficient (Wildman–Crippen LogP) is 0.592. The molecule has 142 valence electrons. The molecule has 1 saturated carbocycles. The quantitative estimate of drug-likeness (QED) is 0.790. The Bertz CT molecular complexity index is 791. The highest BCUT2D eigenvalue weighted by molar-refractivity contribution is 5.88. The molecule has 27 heavy (non-hydrogen) atoms. The fourth-order valence-corrected chi connectivity index (χ4v) is 4.11. The Kier molecular flexibility index (Phi) is 4.90. The monoisotopic (exact) mass is 368 g/mol. The first kappa shape index (κ1) is 18.0. The lowest BCUT2D eigenvalue weighted by atomic mass is 9.73. The first-order chi connectivity index (χ1) is 13.1. The Morgan fingerprint density at radius 1 is 1.30 bits per heavy atom. The summed E-state index contributed by atoms with van der Waals surface area (Å²) in [6, 6.07) is 7.73. The molecule has 1 aromatic carbocycles. The van der Waals surface area contributed by atoms with Crippen molar-refractivity contribution in [1.29, 1.82) is 0 Å². The lowest BCUT2D eigenvalue weighted by Gasteiger charge is -2.58. The van der Waals surface area contributed by atoms with Crippen molar-refractivity contribution in [1.82, 2.24) is 9.80 Å². The van der Waals surface area contributed by atoms with Gasteiger partial charge in [0.2, 0.25) is 11.8 Å². The van der Waals surface area contributed by atoms with Crippen molar-refractivity contribution < 1.29 is 19.4 Å². The Hall–Kier alpha value is -2.36. The summed E-state index contributed by atoms with van der Waals surface area (Å²) in [6.07, 6.45) is 2.41. The van der Waals surface area contributed by atoms with E-state index in [-0.39, 0.29) is 49.6 Å². The molecule has 6 nitrogen and oxygen atoms in total. The van der Waals surface area contributed by atoms with E-state index < -0.39 is 0 Å². The van der Waals surface area contributed by atoms with Crippen LogP contribution in [0.5, 0.6) is 0 Å². The van der Waals surface area contributed by atoms with E-state index in [1.807, 2.05) is 24.3 Å². The van der Waals surface area contributed by atoms with E-state index in [1.54, 1.807) is 9.80 Å². The van der Waals surface area contributed by atoms with Crippen molar-refractivity contribution in [2.75, 3.05) is 33.4 Å². The van der Waals surface area contributed by atoms with Gasteiger partial charge in [-0.2, -0.15) is 0 Å². The summed E-state index contributed by atoms with van der Waals surface area (Å²) >= 11 is 0. The summed E-state index contributed by atoms with van der Waals surface area (Å²) in [5, 5.41) is 9.82. The zero-order valence-electron chi connectivity index (χ0n) is 15.4. The third-order valence-corrected chi connectivity index (χ3v) is 5.67. The van der Waals surface area contributed by atoms with Crippen molar-refractivity contribution >= 4 is 11.8 Å². The van der Waals surface area contributed by atoms with Crippen LogP contribution >= 0.6 is 0 Å². The number of carbonyl (C=O) groups excluding carboxylic acids is 2. The molecule has 3 atom stereocenters. The number of ether oxygens (including phenoxy) is 1. The second kappa shape index (κ2) is 7.34. The molecule has 1 aromatic rings. The molecular weight excluding hydrogens is 344 g/mol. The number of amides is 2. The molecule has 3 aliphatic rings. The van der Waals surface area contributed by atoms with Gasteiger partial charge in [-0.15, -0.1) is 0 Å². The third kappa shape index (κ3) is 3.45. The van der Waals surface area contributed by atoms with Crippen LogP contribution in [-0.4, -0.2) is 72.2 Å². The van der Waals surface area contributed by atoms with Gasteiger partial charge >= 0.3 is 0 Å². The van der Waals surface area contributed by atoms with E-state index in [4.69, 9.17) is 4.74 Å². The summed E-state index contributed by atoms with van der Waals surface area (Å²) in [7, 11) is 1.47. The summed E-state index contributed by atoms with van der Waals surface area (Å²) in [6.45, 7) is 0.417. The maximum absolute atomic E-state index is 12.5. The summed E-state index contributed by atoms with van der Waals surface area (Å²) < 4.78 is 4.91. The van der Waals surface area contributed by atoms with Gasteiger partial charge in [-0.05, 0) is 30.5 Å². The number of piperazine rings is 1. The van der Waals surface area contributed by atoms with Crippen molar-refractivity contribution in [3.63, 3.8) is 0 Å². The zero-order chi connectivity index (χ0) is 19.0. The van der Waals surface area contributed by atoms with Crippen LogP contribution in [0.2, 0.25) is 0 Å². The number of carbonyl (C=O) groups is 2. The van der Waals surface area contributed by atoms with Gasteiger partial charge < -0.3 is 19.6 Å². The molecule has 6 heteroatoms. The van der Waals surface area contributed by atoms with Gasteiger partial charge in [-0.1, -0.05) is 24.0 Å². The number of hydrogen-bond donors (Lipinski definition) is 1. The van der Waals surface area contributed by atoms with Crippen LogP contribution in [-0.2, 0) is 14.3 Å². The molecule has 2 amide bonds. The van der Waals surface area contributed by atoms with E-state index in [0.29, 0.717) is 12.5 Å². The summed E-state index contributed by atoms with van der Waals surface area (Å²) in [5.41, 5.74) is 2.06. The van der Waals surface area contributed by atoms with Crippen molar-refractivity contribution in [2.24, 2.45) is 5.92 Å². The lowest BCUT2D eigenvalue weighted by Crippen LogP contribution is -2.73. The average molecular weight is 368 g/mol. The van der Waals surface area contributed by atoms with Crippen molar-refractivity contribution in [3.8, 4) is 11.8 Å². The predicted molar refractivity (Wildman–Crippen MR) is 98.7 cm³/mol. The molecule has 0 aromatic heterocycles. The SMILES string of the molecule is COCC(=O)N1CC(=O)N2[C@H](C1)[C@@H](c1ccc(C#CC3CC3)cc1)[C@@H]2CO. The maximum atomic E-state index is 12.5. The number of nitrogens with zero attached hydrogens (tertiary/aromatic N) is 2. The first-order valence-corrected chi connectivity index (χ1v) is 9.42. The molecule has 1 aliphatic carbocycles. The second-order valence-corrected chi connectivity index (χ2v) is 7.52. The van der Waals surface area contributed by atoms with Crippen LogP contribution in [0.25, 0.3) is 0 Å². The molecule has 0 spiro atoms. The Morgan fingerprint density at radius 3 is 2.67 bits per heavy atom. The maximum Gasteiger partial charge on any atom is 0.249 e. The minimum atomic E-state index is -0.231. The number of benzene rings is 1. The highest BCUT2D eigenvalue weighted by Gasteiger charge is 2.54. The topological polar surface area (TPSA) is 70.1 Å². The highest BCUT2D eigenvalue weighted by atomic mass is 16.5. The van der Waals surface area contributed by atoms with Gasteiger partial charge in [-0.25, -0.2) is 0 Å². The molecule has 0 radical (unpaired) electrons. The van der Waals surface area contributed by atoms with Crippen LogP contribution in [0, 0.1) is 17.8 Å². The molecule has 0 bridgehead atoms. The minimum Gasteiger partial charge on any atom is -0.394 e. The number of aliphatic hydroxyl groups is 1. The molecule has 0 unspecified atom stereocenters. The fraction of sp³-hybridized carbons (Fsp3) is 0.524. The fourth-order valence-electron chi connectivity index (χ4n) is 4.11. The number of methoxy groups -OCH3 is 1. The van der Waals surface area contributed by atoms with Crippen LogP contribution in [0.3, 0.4) is 0 Å². The van der Waals surface area contributed by atoms with Crippen LogP contribution in [0.1, 0.15) is 29.9 Å². The van der Waals surface area contributed by atoms with Gasteiger partial charge in [0.1, 0.15) is 6.61 Å². The Balaban J connectivity index is 1.52. The van der Waals surface area contributed by atoms with Gasteiger partial charge in [-0.3, -0.25) is 9.59 Å². The molecule has 2 aliphatic heterocycles. The van der Waals surface area contributed by atoms with E-state index in [2.05, 4.69) is 11.8 Å². The standard InChI is InChI=1S/C21H24N2O4/c1-27-13-20(26)22-10-17-21(18(12-24)23(17)19(25)11-22)16-8-6-15(7-9-16)5-4-14-2-3-14/h6-9,14,17-18,21,24H,2-3,10-13H2,1H3/t17-,18+,21-/m1/s1. The Morgan fingerprint density at radius 2 is 2.04 bits per heavy atom. The average Bonchev–Trinajstić information content (AvgIpc) is 3.47. The molecule has 1 N–H and O–H groups in total. The van der Waals surface area contributed by atoms with E-state index in [1.165, 1.54) is 20.0 Å². The molecule has 4 rings (SSSR count). The van der Waals surface area contributed by atoms with Crippen LogP contribution in [0.15, 0.2) is 24.3 Å². The third-order valence-electron chi connectivity index (χ3n) is 5.67. The Labute approximate surface area is 159 Å². The lowest BCUT2D eigenvalue weighted by molar-refractivity contribution is -0.168. The second-order valence-electron chi connectivity index (χ2n) is 7.52. The van der Waals surface area contributed by atoms with Gasteiger partial charge in [0.25, 0.3) is 0 Å². The normalized spacial score (nSPS) is 26.7. The van der Waals surface area contributed by atoms with E-state index >= 15 is 0 Å². The van der Waals surface area contributed by atoms with Gasteiger partial charge in [0.05, 0.1) is 25.2 Å². The molecule has 3 fully saturated rings. The number of aliphatic hydroxyl groups excluding tert-OH is 1. The minimum absolute atomic E-state index is 0.0162. The smallest absolute Gasteiger partial charge is 0.249 e. The largest absolute Gasteiger partial charge is 0.394 e. The van der Waals surface area contributed by atoms with Crippen LogP contribution < -0.4 is 0 Å². The molecular formula is C21H24N2O4. The van der Waals surface area contributed by atoms with Gasteiger partial charge in [0.15, 0.2) is 0 Å². The van der Waals surface area contributed by atoms with E-state index in [9.17, 15) is 14.7 Å². The molecule has 2 heterocycles. The first-order valence-electron chi connectivity index (χ1n) is 9.42.